The van der Waals surface area contributed by atoms with Crippen molar-refractivity contribution in [3.63, 3.8) is 0 Å². The van der Waals surface area contributed by atoms with Crippen LogP contribution in [0.25, 0.3) is 5.57 Å². The average molecular weight is 618 g/mol. The number of methoxy groups -OCH3 is 1. The van der Waals surface area contributed by atoms with Crippen LogP contribution in [-0.4, -0.2) is 55.3 Å². The van der Waals surface area contributed by atoms with Crippen molar-refractivity contribution < 1.29 is 24.5 Å². The minimum Gasteiger partial charge on any atom is -0.504 e. The Kier molecular flexibility index (Phi) is 14.1. The van der Waals surface area contributed by atoms with Gasteiger partial charge in [0.25, 0.3) is 0 Å². The van der Waals surface area contributed by atoms with Gasteiger partial charge >= 0.3 is 0 Å². The molecule has 2 aromatic rings. The minimum atomic E-state index is -0.415. The first-order valence-electron chi connectivity index (χ1n) is 15.9. The number of dihydropyridines is 1. The van der Waals surface area contributed by atoms with Gasteiger partial charge in [0, 0.05) is 12.6 Å². The third-order valence-corrected chi connectivity index (χ3v) is 8.14. The van der Waals surface area contributed by atoms with E-state index in [0.717, 1.165) is 43.4 Å². The normalized spacial score (nSPS) is 15.6. The number of aromatic hydroxyl groups is 1. The van der Waals surface area contributed by atoms with Gasteiger partial charge in [-0.25, -0.2) is 0 Å². The summed E-state index contributed by atoms with van der Waals surface area (Å²) < 4.78 is 5.35. The van der Waals surface area contributed by atoms with E-state index in [0.29, 0.717) is 41.9 Å². The van der Waals surface area contributed by atoms with E-state index in [-0.39, 0.29) is 35.7 Å². The molecule has 0 radical (unpaired) electrons. The summed E-state index contributed by atoms with van der Waals surface area (Å²) in [6.45, 7) is 6.93. The lowest BCUT2D eigenvalue weighted by Crippen LogP contribution is -2.38. The highest BCUT2D eigenvalue weighted by molar-refractivity contribution is 6.07. The maximum atomic E-state index is 12.9. The summed E-state index contributed by atoms with van der Waals surface area (Å²) in [5.41, 5.74) is 13.6. The third kappa shape index (κ3) is 11.3. The number of hydrogen-bond acceptors (Lipinski definition) is 8. The number of hydrogen-bond donors (Lipinski definition) is 5. The van der Waals surface area contributed by atoms with E-state index in [1.165, 1.54) is 29.9 Å². The number of phenols is 1. The zero-order chi connectivity index (χ0) is 32.9. The van der Waals surface area contributed by atoms with Crippen LogP contribution in [0.4, 0.5) is 0 Å². The third-order valence-electron chi connectivity index (χ3n) is 8.14. The van der Waals surface area contributed by atoms with Crippen molar-refractivity contribution in [1.82, 2.24) is 10.6 Å². The molecule has 45 heavy (non-hydrogen) atoms. The maximum Gasteiger partial charge on any atom is 0.163 e. The Bertz CT molecular complexity index is 1410. The highest BCUT2D eigenvalue weighted by Gasteiger charge is 2.19. The molecule has 8 heteroatoms. The number of rotatable bonds is 18. The number of ether oxygens (including phenoxy) is 1. The highest BCUT2D eigenvalue weighted by atomic mass is 16.5. The largest absolute Gasteiger partial charge is 0.504 e. The fourth-order valence-electron chi connectivity index (χ4n) is 5.96. The molecule has 0 aromatic heterocycles. The quantitative estimate of drug-likeness (QED) is 0.0875. The van der Waals surface area contributed by atoms with Gasteiger partial charge < -0.3 is 31.3 Å². The molecule has 0 saturated carbocycles. The van der Waals surface area contributed by atoms with Gasteiger partial charge in [-0.1, -0.05) is 55.2 Å². The van der Waals surface area contributed by atoms with Crippen LogP contribution in [0.5, 0.6) is 11.5 Å². The Hall–Kier alpha value is -3.72. The Morgan fingerprint density at radius 1 is 1.09 bits per heavy atom. The van der Waals surface area contributed by atoms with Crippen molar-refractivity contribution in [3.05, 3.63) is 87.6 Å². The number of ketones is 2. The second-order valence-electron chi connectivity index (χ2n) is 12.4. The van der Waals surface area contributed by atoms with Crippen molar-refractivity contribution >= 4 is 17.1 Å². The number of nitrogens with one attached hydrogen (secondary N) is 2. The standard InChI is InChI=1S/C37H51N3O5/c1-24(21-39-4)9-7-6-8-10-32(42)19-33(43)17-31(23-41)34-20-36(45-5)35(44)18-29(34)15-28-16-30(37(38)40-22-28)14-27-12-25(2)11-26(3)13-27/h11-13,16-18,20,22,24,37,39-41,44H,6-10,14-15,19,21,23,38H2,1-5H3. The zero-order valence-corrected chi connectivity index (χ0v) is 27.5. The van der Waals surface area contributed by atoms with E-state index < -0.39 is 6.61 Å². The number of aliphatic hydroxyl groups excluding tert-OH is 1. The molecule has 0 aliphatic carbocycles. The predicted molar refractivity (Wildman–Crippen MR) is 181 cm³/mol. The van der Waals surface area contributed by atoms with Gasteiger partial charge in [-0.15, -0.1) is 0 Å². The number of nitrogens with two attached hydrogens (primary N) is 1. The molecule has 2 unspecified atom stereocenters. The molecule has 1 aliphatic rings. The van der Waals surface area contributed by atoms with Gasteiger partial charge in [0.2, 0.25) is 0 Å². The van der Waals surface area contributed by atoms with E-state index in [1.807, 2.05) is 13.2 Å². The Balaban J connectivity index is 1.75. The molecule has 0 bridgehead atoms. The number of phenolic OH excluding ortho intramolecular Hbond substituents is 1. The average Bonchev–Trinajstić information content (AvgIpc) is 2.97. The number of carbonyl (C=O) groups excluding carboxylic acids is 2. The number of aliphatic hydroxyl groups is 1. The van der Waals surface area contributed by atoms with Gasteiger partial charge in [0.1, 0.15) is 5.78 Å². The van der Waals surface area contributed by atoms with Gasteiger partial charge in [-0.2, -0.15) is 0 Å². The Morgan fingerprint density at radius 2 is 1.82 bits per heavy atom. The summed E-state index contributed by atoms with van der Waals surface area (Å²) in [6, 6.07) is 9.68. The molecule has 3 rings (SSSR count). The fraction of sp³-hybridized carbons (Fsp3) is 0.459. The lowest BCUT2D eigenvalue weighted by molar-refractivity contribution is -0.124. The first kappa shape index (κ1) is 35.8. The first-order chi connectivity index (χ1) is 21.5. The monoisotopic (exact) mass is 617 g/mol. The van der Waals surface area contributed by atoms with Crippen LogP contribution in [-0.2, 0) is 22.4 Å². The predicted octanol–water partition coefficient (Wildman–Crippen LogP) is 5.21. The van der Waals surface area contributed by atoms with Gasteiger partial charge in [-0.3, -0.25) is 9.59 Å². The molecule has 0 amide bonds. The summed E-state index contributed by atoms with van der Waals surface area (Å²) in [7, 11) is 3.40. The molecule has 2 atom stereocenters. The first-order valence-corrected chi connectivity index (χ1v) is 15.9. The molecule has 2 aromatic carbocycles. The Morgan fingerprint density at radius 3 is 2.49 bits per heavy atom. The summed E-state index contributed by atoms with van der Waals surface area (Å²) >= 11 is 0. The molecule has 1 heterocycles. The number of allylic oxidation sites excluding steroid dienone is 3. The number of aryl methyl sites for hydroxylation is 2. The molecule has 1 aliphatic heterocycles. The second kappa shape index (κ2) is 17.7. The van der Waals surface area contributed by atoms with Crippen LogP contribution in [0.1, 0.15) is 73.3 Å². The van der Waals surface area contributed by atoms with E-state index in [1.54, 1.807) is 12.1 Å². The van der Waals surface area contributed by atoms with Crippen LogP contribution in [0.2, 0.25) is 0 Å². The Labute approximate surface area is 268 Å². The van der Waals surface area contributed by atoms with Crippen molar-refractivity contribution in [2.45, 2.75) is 78.3 Å². The smallest absolute Gasteiger partial charge is 0.163 e. The SMILES string of the molecule is CNCC(C)CCCCCC(=O)CC(=O)C=C(CO)c1cc(OC)c(O)cc1CC1=CNC(N)C(Cc2cc(C)cc(C)c2)=C1. The van der Waals surface area contributed by atoms with E-state index in [4.69, 9.17) is 10.5 Å². The molecule has 0 saturated heterocycles. The van der Waals surface area contributed by atoms with E-state index >= 15 is 0 Å². The van der Waals surface area contributed by atoms with Crippen molar-refractivity contribution in [2.75, 3.05) is 27.3 Å². The zero-order valence-electron chi connectivity index (χ0n) is 27.5. The van der Waals surface area contributed by atoms with Gasteiger partial charge in [0.15, 0.2) is 17.3 Å². The van der Waals surface area contributed by atoms with Gasteiger partial charge in [-0.05, 0) is 111 Å². The fourth-order valence-corrected chi connectivity index (χ4v) is 5.96. The van der Waals surface area contributed by atoms with Crippen molar-refractivity contribution in [2.24, 2.45) is 11.7 Å². The topological polar surface area (TPSA) is 134 Å². The number of unbranched alkanes of at least 4 members (excludes halogenated alkanes) is 2. The molecule has 0 fully saturated rings. The molecule has 6 N–H and O–H groups in total. The number of benzene rings is 2. The maximum absolute atomic E-state index is 12.9. The molecular formula is C37H51N3O5. The lowest BCUT2D eigenvalue weighted by Gasteiger charge is -2.24. The van der Waals surface area contributed by atoms with Gasteiger partial charge in [0.05, 0.1) is 26.3 Å². The summed E-state index contributed by atoms with van der Waals surface area (Å²) in [5.74, 6) is 0.323. The van der Waals surface area contributed by atoms with Crippen molar-refractivity contribution in [1.29, 1.82) is 0 Å². The summed E-state index contributed by atoms with van der Waals surface area (Å²) in [6.07, 6.45) is 10.1. The second-order valence-corrected chi connectivity index (χ2v) is 12.4. The molecule has 0 spiro atoms. The van der Waals surface area contributed by atoms with Crippen molar-refractivity contribution in [3.8, 4) is 11.5 Å². The highest BCUT2D eigenvalue weighted by Crippen LogP contribution is 2.35. The molecular weight excluding hydrogens is 566 g/mol. The molecule has 244 valence electrons. The summed E-state index contributed by atoms with van der Waals surface area (Å²) in [5, 5.41) is 27.4. The van der Waals surface area contributed by atoms with Crippen LogP contribution in [0.15, 0.2) is 59.8 Å². The van der Waals surface area contributed by atoms with Crippen LogP contribution in [0, 0.1) is 19.8 Å². The summed E-state index contributed by atoms with van der Waals surface area (Å²) in [4.78, 5) is 25.5. The number of Topliss-reactive ketones (excluding diaryl/α,β-unsaturated/α-hetero) is 1. The lowest BCUT2D eigenvalue weighted by atomic mass is 9.90. The van der Waals surface area contributed by atoms with Crippen LogP contribution in [0.3, 0.4) is 0 Å². The van der Waals surface area contributed by atoms with E-state index in [2.05, 4.69) is 55.7 Å². The molecule has 8 nitrogen and oxygen atoms in total. The minimum absolute atomic E-state index is 0.0455. The number of carbonyl (C=O) groups is 2. The van der Waals surface area contributed by atoms with Crippen LogP contribution < -0.4 is 21.1 Å². The van der Waals surface area contributed by atoms with E-state index in [9.17, 15) is 19.8 Å². The van der Waals surface area contributed by atoms with Crippen LogP contribution >= 0.6 is 0 Å².